The Morgan fingerprint density at radius 1 is 1.39 bits per heavy atom. The Hall–Kier alpha value is -1.74. The second-order valence-corrected chi connectivity index (χ2v) is 7.73. The number of hydrogen-bond donors (Lipinski definition) is 2. The highest BCUT2D eigenvalue weighted by atomic mass is 32.2. The van der Waals surface area contributed by atoms with Gasteiger partial charge in [0.15, 0.2) is 4.34 Å². The number of carbonyl (C=O) groups is 1. The van der Waals surface area contributed by atoms with Crippen molar-refractivity contribution in [2.75, 3.05) is 10.6 Å². The minimum atomic E-state index is -0.803. The summed E-state index contributed by atoms with van der Waals surface area (Å²) >= 11 is 2.63. The van der Waals surface area contributed by atoms with Crippen molar-refractivity contribution in [1.29, 1.82) is 0 Å². The zero-order valence-corrected chi connectivity index (χ0v) is 13.8. The molecule has 3 rings (SSSR count). The Morgan fingerprint density at radius 3 is 2.87 bits per heavy atom. The highest BCUT2D eigenvalue weighted by molar-refractivity contribution is 8.02. The first-order valence-corrected chi connectivity index (χ1v) is 8.73. The lowest BCUT2D eigenvalue weighted by molar-refractivity contribution is -0.115. The Bertz CT molecular complexity index is 721. The van der Waals surface area contributed by atoms with E-state index in [1.165, 1.54) is 29.2 Å². The quantitative estimate of drug-likeness (QED) is 0.776. The van der Waals surface area contributed by atoms with Gasteiger partial charge in [0.2, 0.25) is 11.0 Å². The molecule has 1 aromatic heterocycles. The molecular weight excluding hydrogens is 342 g/mol. The van der Waals surface area contributed by atoms with E-state index in [4.69, 9.17) is 0 Å². The van der Waals surface area contributed by atoms with Gasteiger partial charge in [-0.15, -0.1) is 10.2 Å². The average Bonchev–Trinajstić information content (AvgIpc) is 3.20. The first-order chi connectivity index (χ1) is 11.0. The second kappa shape index (κ2) is 6.79. The maximum absolute atomic E-state index is 13.5. The molecule has 2 N–H and O–H groups in total. The van der Waals surface area contributed by atoms with Crippen LogP contribution in [-0.2, 0) is 4.79 Å². The number of aromatic nitrogens is 2. The van der Waals surface area contributed by atoms with Gasteiger partial charge in [0.05, 0.1) is 10.9 Å². The zero-order valence-electron chi connectivity index (χ0n) is 12.2. The molecule has 9 heteroatoms. The van der Waals surface area contributed by atoms with Crippen molar-refractivity contribution in [3.05, 3.63) is 29.8 Å². The molecule has 0 saturated heterocycles. The monoisotopic (exact) mass is 356 g/mol. The number of anilines is 2. The van der Waals surface area contributed by atoms with Crippen LogP contribution in [0.1, 0.15) is 19.8 Å². The first kappa shape index (κ1) is 16.1. The number of benzene rings is 1. The van der Waals surface area contributed by atoms with E-state index in [2.05, 4.69) is 20.8 Å². The summed E-state index contributed by atoms with van der Waals surface area (Å²) in [5, 5.41) is 14.0. The van der Waals surface area contributed by atoms with Crippen molar-refractivity contribution >= 4 is 39.8 Å². The number of nitrogens with one attached hydrogen (secondary N) is 2. The van der Waals surface area contributed by atoms with Gasteiger partial charge in [0, 0.05) is 12.1 Å². The smallest absolute Gasteiger partial charge is 0.237 e. The van der Waals surface area contributed by atoms with Crippen LogP contribution >= 0.6 is 23.1 Å². The summed E-state index contributed by atoms with van der Waals surface area (Å²) in [6, 6.07) is 3.51. The van der Waals surface area contributed by atoms with Gasteiger partial charge in [-0.2, -0.15) is 0 Å². The van der Waals surface area contributed by atoms with E-state index in [-0.39, 0.29) is 11.6 Å². The Balaban J connectivity index is 1.57. The van der Waals surface area contributed by atoms with Crippen molar-refractivity contribution in [1.82, 2.24) is 10.2 Å². The van der Waals surface area contributed by atoms with Crippen molar-refractivity contribution in [2.45, 2.75) is 35.4 Å². The van der Waals surface area contributed by atoms with Gasteiger partial charge in [0.25, 0.3) is 0 Å². The van der Waals surface area contributed by atoms with Crippen LogP contribution in [0.4, 0.5) is 19.6 Å². The molecule has 2 aromatic rings. The normalized spacial score (nSPS) is 15.3. The van der Waals surface area contributed by atoms with Crippen LogP contribution in [0.3, 0.4) is 0 Å². The SMILES string of the molecule is CC(Sc1nnc(NC2CC2)s1)C(=O)Nc1ccc(F)cc1F. The number of halogens is 2. The molecule has 1 atom stereocenters. The standard InChI is InChI=1S/C14H14F2N4OS2/c1-7(12(21)18-11-5-2-8(15)6-10(11)16)22-14-20-19-13(23-14)17-9-3-4-9/h2,5-7,9H,3-4H2,1H3,(H,17,19)(H,18,21). The molecule has 0 spiro atoms. The van der Waals surface area contributed by atoms with E-state index in [0.29, 0.717) is 10.4 Å². The highest BCUT2D eigenvalue weighted by Crippen LogP contribution is 2.32. The molecule has 5 nitrogen and oxygen atoms in total. The fourth-order valence-electron chi connectivity index (χ4n) is 1.75. The minimum absolute atomic E-state index is 0.0443. The average molecular weight is 356 g/mol. The lowest BCUT2D eigenvalue weighted by Gasteiger charge is -2.10. The van der Waals surface area contributed by atoms with Gasteiger partial charge < -0.3 is 10.6 Å². The van der Waals surface area contributed by atoms with Crippen molar-refractivity contribution in [3.63, 3.8) is 0 Å². The molecule has 122 valence electrons. The number of carbonyl (C=O) groups excluding carboxylic acids is 1. The van der Waals surface area contributed by atoms with E-state index in [9.17, 15) is 13.6 Å². The Morgan fingerprint density at radius 2 is 2.17 bits per heavy atom. The van der Waals surface area contributed by atoms with E-state index in [1.54, 1.807) is 6.92 Å². The number of rotatable bonds is 6. The topological polar surface area (TPSA) is 66.9 Å². The maximum atomic E-state index is 13.5. The molecular formula is C14H14F2N4OS2. The van der Waals surface area contributed by atoms with Gasteiger partial charge >= 0.3 is 0 Å². The van der Waals surface area contributed by atoms with Crippen LogP contribution in [0.2, 0.25) is 0 Å². The van der Waals surface area contributed by atoms with Gasteiger partial charge in [-0.1, -0.05) is 23.1 Å². The third-order valence-electron chi connectivity index (χ3n) is 3.15. The van der Waals surface area contributed by atoms with E-state index in [0.717, 1.165) is 30.1 Å². The van der Waals surface area contributed by atoms with E-state index in [1.807, 2.05) is 0 Å². The minimum Gasteiger partial charge on any atom is -0.357 e. The van der Waals surface area contributed by atoms with Crippen LogP contribution in [0.25, 0.3) is 0 Å². The molecule has 1 unspecified atom stereocenters. The zero-order chi connectivity index (χ0) is 16.4. The first-order valence-electron chi connectivity index (χ1n) is 7.04. The second-order valence-electron chi connectivity index (χ2n) is 5.17. The summed E-state index contributed by atoms with van der Waals surface area (Å²) in [6.07, 6.45) is 2.29. The number of hydrogen-bond acceptors (Lipinski definition) is 6. The molecule has 23 heavy (non-hydrogen) atoms. The Labute approximate surface area is 139 Å². The lowest BCUT2D eigenvalue weighted by Crippen LogP contribution is -2.22. The summed E-state index contributed by atoms with van der Waals surface area (Å²) in [5.74, 6) is -1.87. The Kier molecular flexibility index (Phi) is 4.76. The fraction of sp³-hybridized carbons (Fsp3) is 0.357. The third-order valence-corrected chi connectivity index (χ3v) is 5.19. The lowest BCUT2D eigenvalue weighted by atomic mass is 10.3. The van der Waals surface area contributed by atoms with Crippen LogP contribution in [0.5, 0.6) is 0 Å². The summed E-state index contributed by atoms with van der Waals surface area (Å²) in [5.41, 5.74) is -0.0443. The molecule has 1 heterocycles. The van der Waals surface area contributed by atoms with Gasteiger partial charge in [0.1, 0.15) is 11.6 Å². The number of nitrogens with zero attached hydrogens (tertiary/aromatic N) is 2. The third kappa shape index (κ3) is 4.38. The van der Waals surface area contributed by atoms with E-state index < -0.39 is 16.9 Å². The molecule has 1 fully saturated rings. The van der Waals surface area contributed by atoms with Crippen molar-refractivity contribution < 1.29 is 13.6 Å². The molecule has 0 bridgehead atoms. The molecule has 0 radical (unpaired) electrons. The van der Waals surface area contributed by atoms with Gasteiger partial charge in [-0.3, -0.25) is 4.79 Å². The molecule has 1 aromatic carbocycles. The molecule has 1 aliphatic carbocycles. The van der Waals surface area contributed by atoms with Crippen molar-refractivity contribution in [3.8, 4) is 0 Å². The summed E-state index contributed by atoms with van der Waals surface area (Å²) in [7, 11) is 0. The highest BCUT2D eigenvalue weighted by Gasteiger charge is 2.23. The van der Waals surface area contributed by atoms with Crippen LogP contribution < -0.4 is 10.6 Å². The molecule has 1 amide bonds. The number of thioether (sulfide) groups is 1. The van der Waals surface area contributed by atoms with Crippen molar-refractivity contribution in [2.24, 2.45) is 0 Å². The fourth-order valence-corrected chi connectivity index (χ4v) is 3.72. The largest absolute Gasteiger partial charge is 0.357 e. The predicted molar refractivity (Wildman–Crippen MR) is 86.9 cm³/mol. The number of amides is 1. The molecule has 0 aliphatic heterocycles. The van der Waals surface area contributed by atoms with E-state index >= 15 is 0 Å². The molecule has 1 aliphatic rings. The summed E-state index contributed by atoms with van der Waals surface area (Å²) < 4.78 is 27.1. The maximum Gasteiger partial charge on any atom is 0.237 e. The van der Waals surface area contributed by atoms with Crippen LogP contribution in [0.15, 0.2) is 22.5 Å². The van der Waals surface area contributed by atoms with Crippen LogP contribution in [0, 0.1) is 11.6 Å². The van der Waals surface area contributed by atoms with Gasteiger partial charge in [-0.25, -0.2) is 8.78 Å². The van der Waals surface area contributed by atoms with Gasteiger partial charge in [-0.05, 0) is 31.9 Å². The van der Waals surface area contributed by atoms with Crippen LogP contribution in [-0.4, -0.2) is 27.4 Å². The predicted octanol–water partition coefficient (Wildman–Crippen LogP) is 3.51. The molecule has 1 saturated carbocycles. The summed E-state index contributed by atoms with van der Waals surface area (Å²) in [6.45, 7) is 1.69. The summed E-state index contributed by atoms with van der Waals surface area (Å²) in [4.78, 5) is 12.1.